The van der Waals surface area contributed by atoms with Gasteiger partial charge in [-0.05, 0) is 52.7 Å². The molecule has 2 N–H and O–H groups in total. The van der Waals surface area contributed by atoms with E-state index in [4.69, 9.17) is 4.74 Å². The molecule has 1 unspecified atom stereocenters. The number of nitrogens with zero attached hydrogens (tertiary/aromatic N) is 1. The number of rotatable bonds is 5. The summed E-state index contributed by atoms with van der Waals surface area (Å²) in [6.45, 7) is 1.41. The number of methoxy groups -OCH3 is 1. The molecule has 0 bridgehead atoms. The Bertz CT molecular complexity index is 1550. The molecule has 7 nitrogen and oxygen atoms in total. The Labute approximate surface area is 213 Å². The molecule has 1 heterocycles. The summed E-state index contributed by atoms with van der Waals surface area (Å²) in [5, 5.41) is 15.9. The predicted molar refractivity (Wildman–Crippen MR) is 142 cm³/mol. The summed E-state index contributed by atoms with van der Waals surface area (Å²) in [5.41, 5.74) is 2.11. The lowest BCUT2D eigenvalue weighted by molar-refractivity contribution is -0.132. The first-order chi connectivity index (χ1) is 17.9. The van der Waals surface area contributed by atoms with Gasteiger partial charge >= 0.3 is 0 Å². The van der Waals surface area contributed by atoms with Crippen molar-refractivity contribution in [2.45, 2.75) is 13.0 Å². The molecule has 0 radical (unpaired) electrons. The van der Waals surface area contributed by atoms with Gasteiger partial charge in [0.2, 0.25) is 5.91 Å². The summed E-state index contributed by atoms with van der Waals surface area (Å²) in [4.78, 5) is 39.7. The van der Waals surface area contributed by atoms with Gasteiger partial charge in [-0.15, -0.1) is 0 Å². The molecule has 0 saturated carbocycles. The number of hydrogen-bond acceptors (Lipinski definition) is 5. The van der Waals surface area contributed by atoms with Crippen LogP contribution in [0.3, 0.4) is 0 Å². The van der Waals surface area contributed by atoms with Crippen molar-refractivity contribution < 1.29 is 24.2 Å². The maximum atomic E-state index is 13.5. The van der Waals surface area contributed by atoms with Gasteiger partial charge < -0.3 is 15.2 Å². The lowest BCUT2D eigenvalue weighted by atomic mass is 9.93. The maximum Gasteiger partial charge on any atom is 0.300 e. The van der Waals surface area contributed by atoms with Crippen molar-refractivity contribution in [3.05, 3.63) is 108 Å². The van der Waals surface area contributed by atoms with Crippen molar-refractivity contribution in [3.63, 3.8) is 0 Å². The number of Topliss-reactive ketones (excluding diaryl/α,β-unsaturated/α-hetero) is 1. The van der Waals surface area contributed by atoms with Crippen molar-refractivity contribution in [1.29, 1.82) is 0 Å². The van der Waals surface area contributed by atoms with Gasteiger partial charge in [-0.2, -0.15) is 0 Å². The first-order valence-corrected chi connectivity index (χ1v) is 11.7. The molecule has 4 aromatic rings. The minimum Gasteiger partial charge on any atom is -0.507 e. The van der Waals surface area contributed by atoms with E-state index in [-0.39, 0.29) is 17.2 Å². The predicted octanol–water partition coefficient (Wildman–Crippen LogP) is 5.43. The van der Waals surface area contributed by atoms with Crippen LogP contribution >= 0.6 is 0 Å². The first-order valence-electron chi connectivity index (χ1n) is 11.7. The van der Waals surface area contributed by atoms with Crippen LogP contribution in [0.5, 0.6) is 5.75 Å². The van der Waals surface area contributed by atoms with Gasteiger partial charge in [-0.3, -0.25) is 19.3 Å². The minimum absolute atomic E-state index is 0.00235. The smallest absolute Gasteiger partial charge is 0.300 e. The number of ether oxygens (including phenoxy) is 1. The number of nitrogens with one attached hydrogen (secondary N) is 1. The molecule has 2 amide bonds. The molecule has 0 aliphatic carbocycles. The van der Waals surface area contributed by atoms with Crippen LogP contribution in [0.15, 0.2) is 96.6 Å². The van der Waals surface area contributed by atoms with Crippen LogP contribution in [0.2, 0.25) is 0 Å². The summed E-state index contributed by atoms with van der Waals surface area (Å²) in [5.74, 6) is -1.38. The topological polar surface area (TPSA) is 95.9 Å². The molecule has 184 valence electrons. The number of carbonyl (C=O) groups is 3. The summed E-state index contributed by atoms with van der Waals surface area (Å²) >= 11 is 0. The Kier molecular flexibility index (Phi) is 6.19. The van der Waals surface area contributed by atoms with Crippen molar-refractivity contribution >= 4 is 45.5 Å². The van der Waals surface area contributed by atoms with Gasteiger partial charge in [0.1, 0.15) is 11.5 Å². The molecule has 7 heteroatoms. The number of aliphatic hydroxyl groups is 1. The van der Waals surface area contributed by atoms with Gasteiger partial charge in [-0.1, -0.05) is 54.6 Å². The number of hydrogen-bond donors (Lipinski definition) is 2. The van der Waals surface area contributed by atoms with E-state index in [1.165, 1.54) is 11.8 Å². The number of carbonyl (C=O) groups excluding carboxylic acids is 3. The molecule has 1 fully saturated rings. The summed E-state index contributed by atoms with van der Waals surface area (Å²) in [6.07, 6.45) is 0. The fourth-order valence-corrected chi connectivity index (χ4v) is 4.69. The summed E-state index contributed by atoms with van der Waals surface area (Å²) < 4.78 is 5.28. The van der Waals surface area contributed by atoms with Crippen LogP contribution in [-0.4, -0.2) is 29.8 Å². The zero-order valence-electron chi connectivity index (χ0n) is 20.3. The Morgan fingerprint density at radius 3 is 2.24 bits per heavy atom. The van der Waals surface area contributed by atoms with E-state index in [9.17, 15) is 19.5 Å². The number of aliphatic hydroxyl groups excluding tert-OH is 1. The monoisotopic (exact) mass is 492 g/mol. The number of ketones is 1. The molecular formula is C30H24N2O5. The Morgan fingerprint density at radius 2 is 1.57 bits per heavy atom. The number of fused-ring (bicyclic) bond motifs is 1. The zero-order valence-corrected chi connectivity index (χ0v) is 20.3. The second kappa shape index (κ2) is 9.62. The van der Waals surface area contributed by atoms with Crippen molar-refractivity contribution in [3.8, 4) is 5.75 Å². The Balaban J connectivity index is 1.70. The third-order valence-corrected chi connectivity index (χ3v) is 6.39. The molecule has 4 aromatic carbocycles. The average molecular weight is 493 g/mol. The van der Waals surface area contributed by atoms with E-state index in [0.29, 0.717) is 28.3 Å². The van der Waals surface area contributed by atoms with E-state index in [1.807, 2.05) is 30.3 Å². The van der Waals surface area contributed by atoms with Crippen molar-refractivity contribution in [1.82, 2.24) is 0 Å². The first kappa shape index (κ1) is 23.8. The van der Waals surface area contributed by atoms with Gasteiger partial charge in [0.05, 0.1) is 18.7 Å². The van der Waals surface area contributed by atoms with Gasteiger partial charge in [0, 0.05) is 23.9 Å². The third-order valence-electron chi connectivity index (χ3n) is 6.39. The van der Waals surface area contributed by atoms with E-state index in [2.05, 4.69) is 5.32 Å². The maximum absolute atomic E-state index is 13.5. The normalized spacial score (nSPS) is 16.7. The van der Waals surface area contributed by atoms with Crippen LogP contribution in [0.4, 0.5) is 11.4 Å². The Morgan fingerprint density at radius 1 is 0.892 bits per heavy atom. The van der Waals surface area contributed by atoms with Crippen LogP contribution in [-0.2, 0) is 14.4 Å². The van der Waals surface area contributed by atoms with Gasteiger partial charge in [0.25, 0.3) is 11.7 Å². The highest BCUT2D eigenvalue weighted by Crippen LogP contribution is 2.43. The minimum atomic E-state index is -0.878. The van der Waals surface area contributed by atoms with E-state index >= 15 is 0 Å². The van der Waals surface area contributed by atoms with Gasteiger partial charge in [-0.25, -0.2) is 0 Å². The van der Waals surface area contributed by atoms with Crippen molar-refractivity contribution in [2.75, 3.05) is 17.3 Å². The largest absolute Gasteiger partial charge is 0.507 e. The number of amides is 2. The zero-order chi connectivity index (χ0) is 26.1. The van der Waals surface area contributed by atoms with Crippen LogP contribution in [0.1, 0.15) is 24.1 Å². The molecule has 5 rings (SSSR count). The second-order valence-electron chi connectivity index (χ2n) is 8.70. The standard InChI is InChI=1S/C30H24N2O5/c1-18(33)31-21-12-14-22(15-13-21)32-27(20-10-16-23(37-2)17-11-20)26(29(35)30(32)36)28(34)25-9-5-7-19-6-3-4-8-24(19)25/h3-17,27,34H,1-2H3,(H,31,33)/b28-26-. The third kappa shape index (κ3) is 4.31. The molecule has 1 saturated heterocycles. The highest BCUT2D eigenvalue weighted by molar-refractivity contribution is 6.51. The van der Waals surface area contributed by atoms with Crippen LogP contribution < -0.4 is 15.0 Å². The summed E-state index contributed by atoms with van der Waals surface area (Å²) in [6, 6.07) is 25.8. The number of anilines is 2. The molecule has 1 aliphatic rings. The fraction of sp³-hybridized carbons (Fsp3) is 0.100. The summed E-state index contributed by atoms with van der Waals surface area (Å²) in [7, 11) is 1.55. The molecule has 37 heavy (non-hydrogen) atoms. The average Bonchev–Trinajstić information content (AvgIpc) is 3.18. The quantitative estimate of drug-likeness (QED) is 0.220. The Hall–Kier alpha value is -4.91. The molecule has 1 atom stereocenters. The van der Waals surface area contributed by atoms with E-state index in [1.54, 1.807) is 67.8 Å². The lowest BCUT2D eigenvalue weighted by Gasteiger charge is -2.26. The molecule has 0 aromatic heterocycles. The van der Waals surface area contributed by atoms with E-state index in [0.717, 1.165) is 10.8 Å². The molecule has 0 spiro atoms. The van der Waals surface area contributed by atoms with E-state index < -0.39 is 17.7 Å². The highest BCUT2D eigenvalue weighted by Gasteiger charge is 2.47. The number of benzene rings is 4. The van der Waals surface area contributed by atoms with Gasteiger partial charge in [0.15, 0.2) is 0 Å². The van der Waals surface area contributed by atoms with Crippen LogP contribution in [0.25, 0.3) is 16.5 Å². The second-order valence-corrected chi connectivity index (χ2v) is 8.70. The molecular weight excluding hydrogens is 468 g/mol. The van der Waals surface area contributed by atoms with Crippen LogP contribution in [0, 0.1) is 0 Å². The SMILES string of the molecule is COc1ccc(C2/C(=C(/O)c3cccc4ccccc34)C(=O)C(=O)N2c2ccc(NC(C)=O)cc2)cc1. The fourth-order valence-electron chi connectivity index (χ4n) is 4.69. The molecule has 1 aliphatic heterocycles. The van der Waals surface area contributed by atoms with Crippen molar-refractivity contribution in [2.24, 2.45) is 0 Å². The lowest BCUT2D eigenvalue weighted by Crippen LogP contribution is -2.29. The highest BCUT2D eigenvalue weighted by atomic mass is 16.5.